The van der Waals surface area contributed by atoms with Gasteiger partial charge in [0.2, 0.25) is 0 Å². The first-order valence-electron chi connectivity index (χ1n) is 9.82. The highest BCUT2D eigenvalue weighted by atomic mass is 32.2. The lowest BCUT2D eigenvalue weighted by Crippen LogP contribution is -2.10. The maximum absolute atomic E-state index is 11.5. The molecule has 134 valence electrons. The number of rotatable bonds is 17. The van der Waals surface area contributed by atoms with Gasteiger partial charge < -0.3 is 0 Å². The number of hydrogen-bond donors (Lipinski definition) is 0. The van der Waals surface area contributed by atoms with E-state index in [0.29, 0.717) is 11.5 Å². The van der Waals surface area contributed by atoms with Crippen molar-refractivity contribution in [2.75, 3.05) is 11.5 Å². The summed E-state index contributed by atoms with van der Waals surface area (Å²) < 4.78 is 23.1. The molecule has 0 unspecified atom stereocenters. The minimum Gasteiger partial charge on any atom is -0.229 e. The highest BCUT2D eigenvalue weighted by Gasteiger charge is 2.07. The fraction of sp³-hybridized carbons (Fsp3) is 1.00. The SMILES string of the molecule is CCCCCCCCCCCCCCCCS(=O)(=O)CCC. The molecule has 0 aliphatic carbocycles. The summed E-state index contributed by atoms with van der Waals surface area (Å²) in [7, 11) is -2.75. The van der Waals surface area contributed by atoms with Gasteiger partial charge in [-0.1, -0.05) is 97.3 Å². The van der Waals surface area contributed by atoms with Crippen molar-refractivity contribution in [1.82, 2.24) is 0 Å². The van der Waals surface area contributed by atoms with Crippen LogP contribution in [0.15, 0.2) is 0 Å². The summed E-state index contributed by atoms with van der Waals surface area (Å²) in [5.41, 5.74) is 0. The van der Waals surface area contributed by atoms with Crippen molar-refractivity contribution in [2.24, 2.45) is 0 Å². The van der Waals surface area contributed by atoms with Crippen molar-refractivity contribution in [1.29, 1.82) is 0 Å². The van der Waals surface area contributed by atoms with E-state index in [9.17, 15) is 8.42 Å². The Morgan fingerprint density at radius 2 is 0.818 bits per heavy atom. The third-order valence-corrected chi connectivity index (χ3v) is 6.26. The Balaban J connectivity index is 3.15. The van der Waals surface area contributed by atoms with Crippen LogP contribution >= 0.6 is 0 Å². The average Bonchev–Trinajstić information content (AvgIpc) is 2.47. The van der Waals surface area contributed by atoms with Gasteiger partial charge in [-0.15, -0.1) is 0 Å². The zero-order chi connectivity index (χ0) is 16.5. The third-order valence-electron chi connectivity index (χ3n) is 4.32. The highest BCUT2D eigenvalue weighted by Crippen LogP contribution is 2.13. The molecule has 0 N–H and O–H groups in total. The summed E-state index contributed by atoms with van der Waals surface area (Å²) in [6.07, 6.45) is 19.1. The minimum atomic E-state index is -2.75. The van der Waals surface area contributed by atoms with E-state index in [0.717, 1.165) is 19.3 Å². The molecule has 0 aromatic heterocycles. The molecule has 2 nitrogen and oxygen atoms in total. The third kappa shape index (κ3) is 16.3. The maximum Gasteiger partial charge on any atom is 0.150 e. The van der Waals surface area contributed by atoms with Gasteiger partial charge in [0.05, 0.1) is 5.75 Å². The van der Waals surface area contributed by atoms with Crippen LogP contribution in [0.5, 0.6) is 0 Å². The van der Waals surface area contributed by atoms with E-state index in [2.05, 4.69) is 6.92 Å². The largest absolute Gasteiger partial charge is 0.229 e. The predicted molar refractivity (Wildman–Crippen MR) is 99.3 cm³/mol. The van der Waals surface area contributed by atoms with Gasteiger partial charge in [0.25, 0.3) is 0 Å². The molecule has 0 saturated heterocycles. The maximum atomic E-state index is 11.5. The molecule has 0 atom stereocenters. The number of unbranched alkanes of at least 4 members (excludes halogenated alkanes) is 13. The van der Waals surface area contributed by atoms with E-state index in [-0.39, 0.29) is 0 Å². The van der Waals surface area contributed by atoms with Crippen LogP contribution in [0.4, 0.5) is 0 Å². The summed E-state index contributed by atoms with van der Waals surface area (Å²) in [5.74, 6) is 0.768. The van der Waals surface area contributed by atoms with Gasteiger partial charge >= 0.3 is 0 Å². The Labute approximate surface area is 140 Å². The molecule has 0 saturated carbocycles. The average molecular weight is 333 g/mol. The zero-order valence-corrected chi connectivity index (χ0v) is 16.1. The topological polar surface area (TPSA) is 34.1 Å². The number of hydrogen-bond acceptors (Lipinski definition) is 2. The lowest BCUT2D eigenvalue weighted by Gasteiger charge is -2.04. The lowest BCUT2D eigenvalue weighted by atomic mass is 10.0. The van der Waals surface area contributed by atoms with Gasteiger partial charge in [0, 0.05) is 5.75 Å². The standard InChI is InChI=1S/C19H40O2S/c1-3-5-6-7-8-9-10-11-12-13-14-15-16-17-19-22(20,21)18-4-2/h3-19H2,1-2H3. The van der Waals surface area contributed by atoms with Crippen molar-refractivity contribution >= 4 is 9.84 Å². The predicted octanol–water partition coefficient (Wildman–Crippen LogP) is 6.29. The van der Waals surface area contributed by atoms with Gasteiger partial charge in [0.15, 0.2) is 0 Å². The first kappa shape index (κ1) is 21.9. The highest BCUT2D eigenvalue weighted by molar-refractivity contribution is 7.91. The molecule has 0 bridgehead atoms. The van der Waals surface area contributed by atoms with Crippen LogP contribution < -0.4 is 0 Å². The Hall–Kier alpha value is -0.0500. The van der Waals surface area contributed by atoms with Gasteiger partial charge in [-0.05, 0) is 12.8 Å². The molecule has 0 rings (SSSR count). The molecule has 0 aromatic carbocycles. The van der Waals surface area contributed by atoms with Gasteiger partial charge in [-0.3, -0.25) is 0 Å². The van der Waals surface area contributed by atoms with E-state index >= 15 is 0 Å². The van der Waals surface area contributed by atoms with Crippen molar-refractivity contribution in [3.05, 3.63) is 0 Å². The van der Waals surface area contributed by atoms with Gasteiger partial charge in [0.1, 0.15) is 9.84 Å². The van der Waals surface area contributed by atoms with E-state index in [1.807, 2.05) is 6.92 Å². The summed E-state index contributed by atoms with van der Waals surface area (Å²) in [6, 6.07) is 0. The Morgan fingerprint density at radius 1 is 0.455 bits per heavy atom. The van der Waals surface area contributed by atoms with Crippen LogP contribution in [0.3, 0.4) is 0 Å². The Kier molecular flexibility index (Phi) is 15.8. The normalized spacial score (nSPS) is 11.9. The second-order valence-electron chi connectivity index (χ2n) is 6.75. The molecule has 0 aliphatic heterocycles. The van der Waals surface area contributed by atoms with Crippen LogP contribution in [0.2, 0.25) is 0 Å². The smallest absolute Gasteiger partial charge is 0.150 e. The molecule has 0 aromatic rings. The van der Waals surface area contributed by atoms with Crippen LogP contribution in [0.1, 0.15) is 110 Å². The fourth-order valence-electron chi connectivity index (χ4n) is 2.93. The zero-order valence-electron chi connectivity index (χ0n) is 15.2. The molecule has 0 amide bonds. The van der Waals surface area contributed by atoms with E-state index in [1.54, 1.807) is 0 Å². The van der Waals surface area contributed by atoms with Crippen molar-refractivity contribution < 1.29 is 8.42 Å². The van der Waals surface area contributed by atoms with Crippen molar-refractivity contribution in [3.63, 3.8) is 0 Å². The van der Waals surface area contributed by atoms with Crippen molar-refractivity contribution in [2.45, 2.75) is 110 Å². The molecule has 22 heavy (non-hydrogen) atoms. The molecule has 3 heteroatoms. The minimum absolute atomic E-state index is 0.367. The molecule has 0 fully saturated rings. The number of sulfone groups is 1. The summed E-state index contributed by atoms with van der Waals surface area (Å²) in [5, 5.41) is 0. The quantitative estimate of drug-likeness (QED) is 0.293. The van der Waals surface area contributed by atoms with E-state index in [1.165, 1.54) is 77.0 Å². The first-order valence-corrected chi connectivity index (χ1v) is 11.6. The molecule has 0 spiro atoms. The Bertz CT molecular complexity index is 309. The van der Waals surface area contributed by atoms with Crippen LogP contribution in [-0.4, -0.2) is 19.9 Å². The Morgan fingerprint density at radius 3 is 1.18 bits per heavy atom. The lowest BCUT2D eigenvalue weighted by molar-refractivity contribution is 0.537. The summed E-state index contributed by atoms with van der Waals surface area (Å²) in [4.78, 5) is 0. The van der Waals surface area contributed by atoms with E-state index in [4.69, 9.17) is 0 Å². The van der Waals surface area contributed by atoms with Crippen molar-refractivity contribution in [3.8, 4) is 0 Å². The van der Waals surface area contributed by atoms with Crippen LogP contribution in [-0.2, 0) is 9.84 Å². The second-order valence-corrected chi connectivity index (χ2v) is 9.05. The molecular weight excluding hydrogens is 292 g/mol. The summed E-state index contributed by atoms with van der Waals surface area (Å²) in [6.45, 7) is 4.20. The second kappa shape index (κ2) is 15.8. The molecule has 0 aliphatic rings. The summed E-state index contributed by atoms with van der Waals surface area (Å²) >= 11 is 0. The monoisotopic (exact) mass is 332 g/mol. The van der Waals surface area contributed by atoms with Gasteiger partial charge in [-0.25, -0.2) is 8.42 Å². The molecule has 0 heterocycles. The molecular formula is C19H40O2S. The van der Waals surface area contributed by atoms with E-state index < -0.39 is 9.84 Å². The first-order chi connectivity index (χ1) is 10.6. The van der Waals surface area contributed by atoms with Crippen LogP contribution in [0, 0.1) is 0 Å². The molecule has 0 radical (unpaired) electrons. The van der Waals surface area contributed by atoms with Crippen LogP contribution in [0.25, 0.3) is 0 Å². The van der Waals surface area contributed by atoms with Gasteiger partial charge in [-0.2, -0.15) is 0 Å². The fourth-order valence-corrected chi connectivity index (χ4v) is 4.40.